The van der Waals surface area contributed by atoms with Gasteiger partial charge in [-0.05, 0) is 32.8 Å². The molecule has 28 heavy (non-hydrogen) atoms. The van der Waals surface area contributed by atoms with Gasteiger partial charge < -0.3 is 9.63 Å². The topological polar surface area (TPSA) is 83.9 Å². The van der Waals surface area contributed by atoms with E-state index in [1.165, 1.54) is 4.90 Å². The minimum atomic E-state index is -3.13. The predicted molar refractivity (Wildman–Crippen MR) is 109 cm³/mol. The van der Waals surface area contributed by atoms with Crippen LogP contribution in [-0.4, -0.2) is 64.8 Å². The van der Waals surface area contributed by atoms with Crippen molar-refractivity contribution in [3.8, 4) is 0 Å². The molecule has 1 fully saturated rings. The maximum Gasteiger partial charge on any atom is 0.523 e. The fourth-order valence-corrected chi connectivity index (χ4v) is 6.15. The summed E-state index contributed by atoms with van der Waals surface area (Å²) < 4.78 is 18.5. The second-order valence-corrected chi connectivity index (χ2v) is 9.96. The summed E-state index contributed by atoms with van der Waals surface area (Å²) in [4.78, 5) is 26.7. The molecule has 3 amide bonds. The van der Waals surface area contributed by atoms with E-state index in [9.17, 15) is 19.3 Å². The molecular formula is C20H32N2O5P+. The van der Waals surface area contributed by atoms with Crippen LogP contribution >= 0.6 is 7.37 Å². The van der Waals surface area contributed by atoms with E-state index in [1.807, 2.05) is 30.3 Å². The number of hydrogen-bond acceptors (Lipinski definition) is 4. The molecule has 0 spiro atoms. The molecule has 0 bridgehead atoms. The molecule has 1 aliphatic rings. The summed E-state index contributed by atoms with van der Waals surface area (Å²) in [6.45, 7) is 6.21. The summed E-state index contributed by atoms with van der Waals surface area (Å²) in [7, 11) is -3.13. The second-order valence-electron chi connectivity index (χ2n) is 7.34. The van der Waals surface area contributed by atoms with Gasteiger partial charge in [-0.1, -0.05) is 30.3 Å². The van der Waals surface area contributed by atoms with E-state index in [4.69, 9.17) is 4.52 Å². The van der Waals surface area contributed by atoms with Crippen LogP contribution in [0.5, 0.6) is 0 Å². The van der Waals surface area contributed by atoms with Gasteiger partial charge in [0.1, 0.15) is 12.3 Å². The zero-order valence-electron chi connectivity index (χ0n) is 17.0. The SMILES string of the molecule is CCOP(=O)(CCc1ccccc1)CN(CC)C(=O)[N+]1(C(=O)O)CCC[C@H]1C. The number of benzene rings is 1. The first kappa shape index (κ1) is 22.6. The summed E-state index contributed by atoms with van der Waals surface area (Å²) in [5, 5.41) is 9.83. The van der Waals surface area contributed by atoms with Crippen LogP contribution in [-0.2, 0) is 15.5 Å². The number of urea groups is 1. The van der Waals surface area contributed by atoms with Gasteiger partial charge in [0.05, 0.1) is 13.2 Å². The summed E-state index contributed by atoms with van der Waals surface area (Å²) in [5.41, 5.74) is 1.05. The van der Waals surface area contributed by atoms with E-state index in [2.05, 4.69) is 0 Å². The van der Waals surface area contributed by atoms with E-state index in [-0.39, 0.29) is 25.5 Å². The first-order valence-electron chi connectivity index (χ1n) is 9.96. The third kappa shape index (κ3) is 4.83. The monoisotopic (exact) mass is 411 g/mol. The number of carbonyl (C=O) groups excluding carboxylic acids is 1. The minimum absolute atomic E-state index is 0.0526. The lowest BCUT2D eigenvalue weighted by atomic mass is 10.2. The van der Waals surface area contributed by atoms with Gasteiger partial charge in [0, 0.05) is 25.5 Å². The number of carbonyl (C=O) groups is 2. The number of aryl methyl sites for hydroxylation is 1. The molecule has 3 atom stereocenters. The molecule has 1 aromatic carbocycles. The number of carboxylic acid groups (broad SMARTS) is 1. The van der Waals surface area contributed by atoms with Crippen molar-refractivity contribution < 1.29 is 28.3 Å². The van der Waals surface area contributed by atoms with Crippen molar-refractivity contribution in [2.45, 2.75) is 46.1 Å². The zero-order chi connectivity index (χ0) is 20.8. The minimum Gasteiger partial charge on any atom is -0.435 e. The Morgan fingerprint density at radius 2 is 1.96 bits per heavy atom. The van der Waals surface area contributed by atoms with E-state index in [1.54, 1.807) is 20.8 Å². The van der Waals surface area contributed by atoms with Crippen LogP contribution in [0.25, 0.3) is 0 Å². The number of nitrogens with zero attached hydrogens (tertiary/aromatic N) is 2. The molecule has 1 N–H and O–H groups in total. The van der Waals surface area contributed by atoms with E-state index in [0.29, 0.717) is 32.0 Å². The quantitative estimate of drug-likeness (QED) is 0.498. The van der Waals surface area contributed by atoms with Crippen LogP contribution in [0.1, 0.15) is 39.2 Å². The third-order valence-corrected chi connectivity index (χ3v) is 7.96. The number of likely N-dealkylation sites (tertiary alicyclic amines) is 1. The highest BCUT2D eigenvalue weighted by atomic mass is 31.2. The molecule has 8 heteroatoms. The fourth-order valence-electron chi connectivity index (χ4n) is 3.89. The first-order valence-corrected chi connectivity index (χ1v) is 12.0. The summed E-state index contributed by atoms with van der Waals surface area (Å²) >= 11 is 0. The normalized spacial score (nSPS) is 23.9. The van der Waals surface area contributed by atoms with Crippen molar-refractivity contribution in [1.82, 2.24) is 4.90 Å². The Morgan fingerprint density at radius 1 is 1.29 bits per heavy atom. The summed E-state index contributed by atoms with van der Waals surface area (Å²) in [6.07, 6.45) is 1.09. The highest BCUT2D eigenvalue weighted by Crippen LogP contribution is 2.48. The van der Waals surface area contributed by atoms with Gasteiger partial charge in [-0.25, -0.2) is 4.79 Å². The smallest absolute Gasteiger partial charge is 0.435 e. The Balaban J connectivity index is 2.19. The number of quaternary nitrogens is 1. The Hall–Kier alpha value is -1.69. The maximum atomic E-state index is 13.5. The van der Waals surface area contributed by atoms with Crippen molar-refractivity contribution in [2.24, 2.45) is 0 Å². The molecule has 0 aliphatic carbocycles. The summed E-state index contributed by atoms with van der Waals surface area (Å²) in [5.74, 6) is 0. The lowest BCUT2D eigenvalue weighted by Crippen LogP contribution is -2.63. The van der Waals surface area contributed by atoms with Gasteiger partial charge >= 0.3 is 12.1 Å². The largest absolute Gasteiger partial charge is 0.523 e. The number of imide groups is 1. The fraction of sp³-hybridized carbons (Fsp3) is 0.600. The molecule has 0 aromatic heterocycles. The molecule has 7 nitrogen and oxygen atoms in total. The molecular weight excluding hydrogens is 379 g/mol. The lowest BCUT2D eigenvalue weighted by Gasteiger charge is -2.35. The molecule has 1 saturated heterocycles. The number of hydrogen-bond donors (Lipinski definition) is 1. The average Bonchev–Trinajstić information content (AvgIpc) is 3.07. The maximum absolute atomic E-state index is 13.5. The molecule has 2 unspecified atom stereocenters. The molecule has 2 rings (SSSR count). The van der Waals surface area contributed by atoms with Crippen LogP contribution in [0.15, 0.2) is 30.3 Å². The van der Waals surface area contributed by atoms with Crippen LogP contribution in [0.2, 0.25) is 0 Å². The number of amides is 3. The third-order valence-electron chi connectivity index (χ3n) is 5.55. The Morgan fingerprint density at radius 3 is 2.46 bits per heavy atom. The van der Waals surface area contributed by atoms with Crippen LogP contribution < -0.4 is 0 Å². The van der Waals surface area contributed by atoms with Gasteiger partial charge in [0.2, 0.25) is 7.37 Å². The highest BCUT2D eigenvalue weighted by Gasteiger charge is 2.55. The van der Waals surface area contributed by atoms with E-state index < -0.39 is 24.0 Å². The van der Waals surface area contributed by atoms with Crippen molar-refractivity contribution in [3.63, 3.8) is 0 Å². The Labute approximate surface area is 167 Å². The van der Waals surface area contributed by atoms with Crippen LogP contribution in [0, 0.1) is 0 Å². The van der Waals surface area contributed by atoms with Gasteiger partial charge in [0.25, 0.3) is 0 Å². The molecule has 0 radical (unpaired) electrons. The molecule has 156 valence electrons. The van der Waals surface area contributed by atoms with E-state index >= 15 is 0 Å². The average molecular weight is 411 g/mol. The van der Waals surface area contributed by atoms with Crippen molar-refractivity contribution >= 4 is 19.5 Å². The van der Waals surface area contributed by atoms with Crippen LogP contribution in [0.4, 0.5) is 9.59 Å². The summed E-state index contributed by atoms with van der Waals surface area (Å²) in [6, 6.07) is 8.94. The predicted octanol–water partition coefficient (Wildman–Crippen LogP) is 4.62. The number of rotatable bonds is 8. The molecule has 0 saturated carbocycles. The van der Waals surface area contributed by atoms with Crippen molar-refractivity contribution in [2.75, 3.05) is 32.1 Å². The Kier molecular flexibility index (Phi) is 7.81. The van der Waals surface area contributed by atoms with Gasteiger partial charge in [-0.3, -0.25) is 9.46 Å². The van der Waals surface area contributed by atoms with E-state index in [0.717, 1.165) is 5.56 Å². The van der Waals surface area contributed by atoms with Crippen molar-refractivity contribution in [3.05, 3.63) is 35.9 Å². The van der Waals surface area contributed by atoms with Crippen LogP contribution in [0.3, 0.4) is 0 Å². The lowest BCUT2D eigenvalue weighted by molar-refractivity contribution is -0.791. The van der Waals surface area contributed by atoms with Crippen molar-refractivity contribution in [1.29, 1.82) is 0 Å². The molecule has 1 aliphatic heterocycles. The highest BCUT2D eigenvalue weighted by molar-refractivity contribution is 7.58. The zero-order valence-corrected chi connectivity index (χ0v) is 17.9. The van der Waals surface area contributed by atoms with Gasteiger partial charge in [0.15, 0.2) is 0 Å². The first-order chi connectivity index (χ1) is 13.3. The molecule has 1 aromatic rings. The standard InChI is InChI=1S/C20H31N2O5P/c1-4-21(19(23)22(20(24)25)14-9-10-17(22)3)16-28(26,27-5-2)15-13-18-11-7-6-8-12-18/h6-8,11-12,17H,4-5,9-10,13-16H2,1-3H3/p+1/t17-,22?,28?/m1/s1. The Bertz CT molecular complexity index is 727. The van der Waals surface area contributed by atoms with Gasteiger partial charge in [-0.15, -0.1) is 4.48 Å². The van der Waals surface area contributed by atoms with Gasteiger partial charge in [-0.2, -0.15) is 4.79 Å². The second kappa shape index (κ2) is 9.68. The molecule has 1 heterocycles.